The van der Waals surface area contributed by atoms with Gasteiger partial charge in [0.05, 0.1) is 0 Å². The first-order valence-electron chi connectivity index (χ1n) is 5.01. The molecule has 1 amide bonds. The van der Waals surface area contributed by atoms with E-state index in [0.29, 0.717) is 0 Å². The summed E-state index contributed by atoms with van der Waals surface area (Å²) < 4.78 is 0. The normalized spacial score (nSPS) is 12.2. The van der Waals surface area contributed by atoms with Crippen LogP contribution in [0.2, 0.25) is 0 Å². The van der Waals surface area contributed by atoms with Gasteiger partial charge in [0.25, 0.3) is 0 Å². The van der Waals surface area contributed by atoms with E-state index in [0.717, 1.165) is 17.7 Å². The lowest BCUT2D eigenvalue weighted by molar-refractivity contribution is -0.119. The first-order valence-corrected chi connectivity index (χ1v) is 5.01. The van der Waals surface area contributed by atoms with Gasteiger partial charge in [-0.3, -0.25) is 4.79 Å². The van der Waals surface area contributed by atoms with Crippen LogP contribution >= 0.6 is 0 Å². The molecule has 1 atom stereocenters. The van der Waals surface area contributed by atoms with Gasteiger partial charge >= 0.3 is 0 Å². The number of carbonyl (C=O) groups is 1. The molecule has 0 aromatic heterocycles. The summed E-state index contributed by atoms with van der Waals surface area (Å²) in [6, 6.07) is 7.84. The second kappa shape index (κ2) is 4.80. The molecule has 76 valence electrons. The molecule has 0 heterocycles. The summed E-state index contributed by atoms with van der Waals surface area (Å²) >= 11 is 0. The summed E-state index contributed by atoms with van der Waals surface area (Å²) in [6.45, 7) is 5.96. The van der Waals surface area contributed by atoms with Gasteiger partial charge in [0, 0.05) is 11.6 Å². The molecule has 14 heavy (non-hydrogen) atoms. The third-order valence-corrected chi connectivity index (χ3v) is 2.35. The summed E-state index contributed by atoms with van der Waals surface area (Å²) in [5.41, 5.74) is 2.04. The largest absolute Gasteiger partial charge is 0.326 e. The monoisotopic (exact) mass is 191 g/mol. The Bertz CT molecular complexity index is 320. The second-order valence-electron chi connectivity index (χ2n) is 3.67. The Morgan fingerprint density at radius 3 is 2.79 bits per heavy atom. The van der Waals surface area contributed by atoms with E-state index in [1.165, 1.54) is 0 Å². The van der Waals surface area contributed by atoms with Gasteiger partial charge in [-0.25, -0.2) is 0 Å². The van der Waals surface area contributed by atoms with Gasteiger partial charge in [0.15, 0.2) is 0 Å². The summed E-state index contributed by atoms with van der Waals surface area (Å²) in [7, 11) is 0. The number of amides is 1. The Morgan fingerprint density at radius 1 is 1.50 bits per heavy atom. The lowest BCUT2D eigenvalue weighted by Gasteiger charge is -2.10. The lowest BCUT2D eigenvalue weighted by atomic mass is 10.1. The van der Waals surface area contributed by atoms with Crippen molar-refractivity contribution >= 4 is 11.6 Å². The van der Waals surface area contributed by atoms with Crippen LogP contribution in [0.1, 0.15) is 25.8 Å². The van der Waals surface area contributed by atoms with E-state index in [2.05, 4.69) is 5.32 Å². The van der Waals surface area contributed by atoms with Crippen molar-refractivity contribution in [1.29, 1.82) is 0 Å². The van der Waals surface area contributed by atoms with Crippen molar-refractivity contribution < 1.29 is 4.79 Å². The van der Waals surface area contributed by atoms with E-state index in [4.69, 9.17) is 0 Å². The molecular formula is C12H17NO. The van der Waals surface area contributed by atoms with E-state index in [1.807, 2.05) is 45.0 Å². The van der Waals surface area contributed by atoms with Crippen molar-refractivity contribution in [2.45, 2.75) is 27.2 Å². The molecule has 1 aromatic carbocycles. The van der Waals surface area contributed by atoms with E-state index in [9.17, 15) is 4.79 Å². The molecule has 0 saturated heterocycles. The number of nitrogens with one attached hydrogen (secondary N) is 1. The minimum absolute atomic E-state index is 0.0792. The van der Waals surface area contributed by atoms with Crippen molar-refractivity contribution in [2.24, 2.45) is 5.92 Å². The maximum atomic E-state index is 11.5. The Kier molecular flexibility index (Phi) is 3.69. The van der Waals surface area contributed by atoms with Gasteiger partial charge in [-0.05, 0) is 31.0 Å². The molecule has 0 radical (unpaired) electrons. The van der Waals surface area contributed by atoms with Gasteiger partial charge < -0.3 is 5.32 Å². The molecule has 2 nitrogen and oxygen atoms in total. The average molecular weight is 191 g/mol. The molecule has 2 heteroatoms. The Labute approximate surface area is 85.3 Å². The fourth-order valence-electron chi connectivity index (χ4n) is 1.17. The molecule has 0 saturated carbocycles. The molecule has 0 aliphatic rings. The van der Waals surface area contributed by atoms with Gasteiger partial charge in [-0.1, -0.05) is 26.0 Å². The average Bonchev–Trinajstić information content (AvgIpc) is 2.16. The van der Waals surface area contributed by atoms with E-state index in [1.54, 1.807) is 0 Å². The molecule has 1 rings (SSSR count). The standard InChI is InChI=1S/C12H17NO/c1-4-10(3)12(14)13-11-7-5-6-9(2)8-11/h5-8,10H,4H2,1-3H3,(H,13,14). The number of hydrogen-bond acceptors (Lipinski definition) is 1. The van der Waals surface area contributed by atoms with Crippen LogP contribution in [-0.4, -0.2) is 5.91 Å². The zero-order valence-electron chi connectivity index (χ0n) is 9.00. The maximum Gasteiger partial charge on any atom is 0.227 e. The molecule has 0 fully saturated rings. The van der Waals surface area contributed by atoms with Crippen molar-refractivity contribution in [2.75, 3.05) is 5.32 Å². The number of anilines is 1. The Balaban J connectivity index is 2.65. The number of aryl methyl sites for hydroxylation is 1. The van der Waals surface area contributed by atoms with Gasteiger partial charge in [0.1, 0.15) is 0 Å². The minimum atomic E-state index is 0.0792. The van der Waals surface area contributed by atoms with E-state index < -0.39 is 0 Å². The van der Waals surface area contributed by atoms with Crippen LogP contribution in [-0.2, 0) is 4.79 Å². The van der Waals surface area contributed by atoms with Gasteiger partial charge in [-0.2, -0.15) is 0 Å². The molecular weight excluding hydrogens is 174 g/mol. The fraction of sp³-hybridized carbons (Fsp3) is 0.417. The topological polar surface area (TPSA) is 29.1 Å². The molecule has 0 spiro atoms. The smallest absolute Gasteiger partial charge is 0.227 e. The zero-order chi connectivity index (χ0) is 10.6. The SMILES string of the molecule is CCC(C)C(=O)Nc1cccc(C)c1. The van der Waals surface area contributed by atoms with Crippen LogP contribution in [0.5, 0.6) is 0 Å². The Hall–Kier alpha value is -1.31. The number of carbonyl (C=O) groups excluding carboxylic acids is 1. The molecule has 1 N–H and O–H groups in total. The highest BCUT2D eigenvalue weighted by Crippen LogP contribution is 2.11. The van der Waals surface area contributed by atoms with Crippen molar-refractivity contribution in [3.63, 3.8) is 0 Å². The van der Waals surface area contributed by atoms with Gasteiger partial charge in [-0.15, -0.1) is 0 Å². The van der Waals surface area contributed by atoms with Gasteiger partial charge in [0.2, 0.25) is 5.91 Å². The number of rotatable bonds is 3. The summed E-state index contributed by atoms with van der Waals surface area (Å²) in [4.78, 5) is 11.5. The highest BCUT2D eigenvalue weighted by atomic mass is 16.1. The second-order valence-corrected chi connectivity index (χ2v) is 3.67. The fourth-order valence-corrected chi connectivity index (χ4v) is 1.17. The van der Waals surface area contributed by atoms with Crippen LogP contribution in [0.25, 0.3) is 0 Å². The van der Waals surface area contributed by atoms with Crippen molar-refractivity contribution in [3.8, 4) is 0 Å². The third kappa shape index (κ3) is 2.87. The quantitative estimate of drug-likeness (QED) is 0.781. The van der Waals surface area contributed by atoms with Crippen molar-refractivity contribution in [1.82, 2.24) is 0 Å². The first kappa shape index (κ1) is 10.8. The Morgan fingerprint density at radius 2 is 2.21 bits per heavy atom. The van der Waals surface area contributed by atoms with Crippen LogP contribution in [0, 0.1) is 12.8 Å². The zero-order valence-corrected chi connectivity index (χ0v) is 9.00. The third-order valence-electron chi connectivity index (χ3n) is 2.35. The first-order chi connectivity index (χ1) is 6.63. The molecule has 0 aliphatic carbocycles. The summed E-state index contributed by atoms with van der Waals surface area (Å²) in [5.74, 6) is 0.175. The van der Waals surface area contributed by atoms with E-state index >= 15 is 0 Å². The predicted molar refractivity (Wildman–Crippen MR) is 59.3 cm³/mol. The number of hydrogen-bond donors (Lipinski definition) is 1. The van der Waals surface area contributed by atoms with Crippen LogP contribution in [0.4, 0.5) is 5.69 Å². The van der Waals surface area contributed by atoms with Crippen molar-refractivity contribution in [3.05, 3.63) is 29.8 Å². The predicted octanol–water partition coefficient (Wildman–Crippen LogP) is 2.98. The summed E-state index contributed by atoms with van der Waals surface area (Å²) in [6.07, 6.45) is 0.873. The molecule has 0 bridgehead atoms. The molecule has 0 aliphatic heterocycles. The van der Waals surface area contributed by atoms with Crippen LogP contribution in [0.15, 0.2) is 24.3 Å². The van der Waals surface area contributed by atoms with E-state index in [-0.39, 0.29) is 11.8 Å². The highest BCUT2D eigenvalue weighted by molar-refractivity contribution is 5.92. The molecule has 1 aromatic rings. The van der Waals surface area contributed by atoms with Crippen LogP contribution < -0.4 is 5.32 Å². The summed E-state index contributed by atoms with van der Waals surface area (Å²) in [5, 5.41) is 2.89. The minimum Gasteiger partial charge on any atom is -0.326 e. The van der Waals surface area contributed by atoms with Crippen LogP contribution in [0.3, 0.4) is 0 Å². The number of benzene rings is 1. The lowest BCUT2D eigenvalue weighted by Crippen LogP contribution is -2.19. The molecule has 1 unspecified atom stereocenters. The highest BCUT2D eigenvalue weighted by Gasteiger charge is 2.09. The maximum absolute atomic E-state index is 11.5.